The van der Waals surface area contributed by atoms with Gasteiger partial charge < -0.3 is 11.1 Å². The van der Waals surface area contributed by atoms with E-state index in [9.17, 15) is 0 Å². The van der Waals surface area contributed by atoms with Crippen molar-refractivity contribution >= 4 is 0 Å². The van der Waals surface area contributed by atoms with E-state index >= 15 is 0 Å². The minimum Gasteiger partial charge on any atom is -0.329 e. The third-order valence-electron chi connectivity index (χ3n) is 3.47. The van der Waals surface area contributed by atoms with Gasteiger partial charge in [-0.05, 0) is 24.7 Å². The number of hydrogen-bond acceptors (Lipinski definition) is 2. The van der Waals surface area contributed by atoms with Crippen LogP contribution in [0.4, 0.5) is 0 Å². The average molecular weight is 226 g/mol. The van der Waals surface area contributed by atoms with E-state index in [1.807, 2.05) is 0 Å². The van der Waals surface area contributed by atoms with Gasteiger partial charge in [0, 0.05) is 18.6 Å². The Labute approximate surface area is 101 Å². The molecular formula is C14H30N2. The van der Waals surface area contributed by atoms with Crippen molar-refractivity contribution in [1.29, 1.82) is 0 Å². The Morgan fingerprint density at radius 3 is 2.12 bits per heavy atom. The molecule has 0 spiro atoms. The summed E-state index contributed by atoms with van der Waals surface area (Å²) in [5, 5.41) is 3.78. The molecule has 0 aromatic heterocycles. The van der Waals surface area contributed by atoms with Gasteiger partial charge in [0.1, 0.15) is 0 Å². The molecule has 1 fully saturated rings. The highest BCUT2D eigenvalue weighted by Gasteiger charge is 2.21. The van der Waals surface area contributed by atoms with E-state index in [1.165, 1.54) is 44.9 Å². The molecule has 3 N–H and O–H groups in total. The van der Waals surface area contributed by atoms with Gasteiger partial charge in [-0.25, -0.2) is 0 Å². The van der Waals surface area contributed by atoms with Crippen LogP contribution in [0.5, 0.6) is 0 Å². The molecule has 1 unspecified atom stereocenters. The Morgan fingerprint density at radius 1 is 1.12 bits per heavy atom. The molecule has 2 nitrogen and oxygen atoms in total. The lowest BCUT2D eigenvalue weighted by molar-refractivity contribution is 0.284. The summed E-state index contributed by atoms with van der Waals surface area (Å²) < 4.78 is 0. The third kappa shape index (κ3) is 5.86. The Kier molecular flexibility index (Phi) is 5.77. The van der Waals surface area contributed by atoms with Gasteiger partial charge in [-0.2, -0.15) is 0 Å². The van der Waals surface area contributed by atoms with Crippen LogP contribution in [0, 0.1) is 5.41 Å². The lowest BCUT2D eigenvalue weighted by Crippen LogP contribution is -2.44. The highest BCUT2D eigenvalue weighted by atomic mass is 15.0. The van der Waals surface area contributed by atoms with Crippen molar-refractivity contribution in [3.63, 3.8) is 0 Å². The molecule has 0 bridgehead atoms. The predicted octanol–water partition coefficient (Wildman–Crippen LogP) is 3.06. The number of hydrogen-bond donors (Lipinski definition) is 2. The van der Waals surface area contributed by atoms with Crippen molar-refractivity contribution < 1.29 is 0 Å². The van der Waals surface area contributed by atoms with Gasteiger partial charge in [0.25, 0.3) is 0 Å². The van der Waals surface area contributed by atoms with Crippen LogP contribution in [0.2, 0.25) is 0 Å². The predicted molar refractivity (Wildman–Crippen MR) is 71.5 cm³/mol. The molecule has 0 amide bonds. The summed E-state index contributed by atoms with van der Waals surface area (Å²) in [5.41, 5.74) is 6.25. The number of nitrogens with one attached hydrogen (secondary N) is 1. The van der Waals surface area contributed by atoms with E-state index in [0.717, 1.165) is 12.6 Å². The number of rotatable bonds is 4. The van der Waals surface area contributed by atoms with Crippen LogP contribution in [0.3, 0.4) is 0 Å². The molecule has 2 heteroatoms. The summed E-state index contributed by atoms with van der Waals surface area (Å²) in [5.74, 6) is 0. The second-order valence-electron chi connectivity index (χ2n) is 6.55. The first-order valence-electron chi connectivity index (χ1n) is 6.97. The first kappa shape index (κ1) is 14.0. The molecule has 0 radical (unpaired) electrons. The monoisotopic (exact) mass is 226 g/mol. The lowest BCUT2D eigenvalue weighted by atomic mass is 9.87. The van der Waals surface area contributed by atoms with Gasteiger partial charge in [-0.1, -0.05) is 46.5 Å². The summed E-state index contributed by atoms with van der Waals surface area (Å²) in [6.45, 7) is 7.66. The van der Waals surface area contributed by atoms with Crippen LogP contribution in [-0.4, -0.2) is 18.6 Å². The van der Waals surface area contributed by atoms with Crippen LogP contribution < -0.4 is 11.1 Å². The minimum absolute atomic E-state index is 0.377. The van der Waals surface area contributed by atoms with Crippen molar-refractivity contribution in [3.8, 4) is 0 Å². The van der Waals surface area contributed by atoms with Crippen LogP contribution in [0.25, 0.3) is 0 Å². The molecule has 96 valence electrons. The Hall–Kier alpha value is -0.0800. The first-order chi connectivity index (χ1) is 7.51. The van der Waals surface area contributed by atoms with E-state index in [2.05, 4.69) is 26.1 Å². The first-order valence-corrected chi connectivity index (χ1v) is 6.97. The maximum absolute atomic E-state index is 5.87. The maximum Gasteiger partial charge on any atom is 0.0197 e. The normalized spacial score (nSPS) is 21.8. The standard InChI is InChI=1S/C14H30N2/c1-14(2,3)10-13(11-15)16-12-8-6-4-5-7-9-12/h12-13,16H,4-11,15H2,1-3H3. The Bertz CT molecular complexity index is 176. The fourth-order valence-corrected chi connectivity index (χ4v) is 2.73. The largest absolute Gasteiger partial charge is 0.329 e. The molecule has 0 saturated heterocycles. The number of nitrogens with two attached hydrogens (primary N) is 1. The molecule has 0 aromatic rings. The van der Waals surface area contributed by atoms with Gasteiger partial charge in [0.2, 0.25) is 0 Å². The fraction of sp³-hybridized carbons (Fsp3) is 1.00. The highest BCUT2D eigenvalue weighted by molar-refractivity contribution is 4.80. The maximum atomic E-state index is 5.87. The summed E-state index contributed by atoms with van der Waals surface area (Å²) in [6.07, 6.45) is 9.51. The zero-order valence-corrected chi connectivity index (χ0v) is 11.4. The van der Waals surface area contributed by atoms with Crippen molar-refractivity contribution in [2.75, 3.05) is 6.54 Å². The summed E-state index contributed by atoms with van der Waals surface area (Å²) in [7, 11) is 0. The molecule has 0 aromatic carbocycles. The molecule has 0 heterocycles. The van der Waals surface area contributed by atoms with E-state index in [0.29, 0.717) is 11.5 Å². The van der Waals surface area contributed by atoms with E-state index in [1.54, 1.807) is 0 Å². The second kappa shape index (κ2) is 6.61. The SMILES string of the molecule is CC(C)(C)CC(CN)NC1CCCCCC1. The second-order valence-corrected chi connectivity index (χ2v) is 6.55. The van der Waals surface area contributed by atoms with Crippen molar-refractivity contribution in [2.24, 2.45) is 11.1 Å². The Balaban J connectivity index is 2.36. The summed E-state index contributed by atoms with van der Waals surface area (Å²) >= 11 is 0. The molecule has 1 aliphatic carbocycles. The quantitative estimate of drug-likeness (QED) is 0.723. The third-order valence-corrected chi connectivity index (χ3v) is 3.47. The fourth-order valence-electron chi connectivity index (χ4n) is 2.73. The molecule has 1 saturated carbocycles. The van der Waals surface area contributed by atoms with E-state index in [4.69, 9.17) is 5.73 Å². The summed E-state index contributed by atoms with van der Waals surface area (Å²) in [4.78, 5) is 0. The topological polar surface area (TPSA) is 38.0 Å². The minimum atomic E-state index is 0.377. The van der Waals surface area contributed by atoms with Crippen molar-refractivity contribution in [3.05, 3.63) is 0 Å². The average Bonchev–Trinajstić information content (AvgIpc) is 2.43. The van der Waals surface area contributed by atoms with Crippen LogP contribution >= 0.6 is 0 Å². The Morgan fingerprint density at radius 2 is 1.69 bits per heavy atom. The smallest absolute Gasteiger partial charge is 0.0197 e. The van der Waals surface area contributed by atoms with Crippen molar-refractivity contribution in [1.82, 2.24) is 5.32 Å². The molecule has 1 aliphatic rings. The van der Waals surface area contributed by atoms with E-state index < -0.39 is 0 Å². The van der Waals surface area contributed by atoms with Gasteiger partial charge in [-0.15, -0.1) is 0 Å². The summed E-state index contributed by atoms with van der Waals surface area (Å²) in [6, 6.07) is 1.22. The molecule has 0 aliphatic heterocycles. The lowest BCUT2D eigenvalue weighted by Gasteiger charge is -2.29. The molecular weight excluding hydrogens is 196 g/mol. The zero-order chi connectivity index (χ0) is 12.0. The molecule has 1 atom stereocenters. The highest BCUT2D eigenvalue weighted by Crippen LogP contribution is 2.22. The zero-order valence-electron chi connectivity index (χ0n) is 11.4. The van der Waals surface area contributed by atoms with Gasteiger partial charge in [0.15, 0.2) is 0 Å². The van der Waals surface area contributed by atoms with Crippen LogP contribution in [0.15, 0.2) is 0 Å². The van der Waals surface area contributed by atoms with Crippen LogP contribution in [0.1, 0.15) is 65.7 Å². The van der Waals surface area contributed by atoms with Gasteiger partial charge >= 0.3 is 0 Å². The molecule has 1 rings (SSSR count). The van der Waals surface area contributed by atoms with Crippen molar-refractivity contribution in [2.45, 2.75) is 77.8 Å². The van der Waals surface area contributed by atoms with Gasteiger partial charge in [0.05, 0.1) is 0 Å². The van der Waals surface area contributed by atoms with E-state index in [-0.39, 0.29) is 0 Å². The van der Waals surface area contributed by atoms with Gasteiger partial charge in [-0.3, -0.25) is 0 Å². The van der Waals surface area contributed by atoms with Crippen LogP contribution in [-0.2, 0) is 0 Å². The molecule has 16 heavy (non-hydrogen) atoms.